The van der Waals surface area contributed by atoms with Gasteiger partial charge >= 0.3 is 0 Å². The Hall–Kier alpha value is -0.610. The van der Waals surface area contributed by atoms with Gasteiger partial charge in [0.05, 0.1) is 11.7 Å². The first kappa shape index (κ1) is 12.4. The lowest BCUT2D eigenvalue weighted by Crippen LogP contribution is -2.59. The number of hydrogen-bond acceptors (Lipinski definition) is 3. The van der Waals surface area contributed by atoms with Crippen LogP contribution >= 0.6 is 0 Å². The number of nitrogens with zero attached hydrogens (tertiary/aromatic N) is 2. The third kappa shape index (κ3) is 1.62. The summed E-state index contributed by atoms with van der Waals surface area (Å²) in [5, 5.41) is 3.56. The Bertz CT molecular complexity index is 358. The maximum atomic E-state index is 12.5. The van der Waals surface area contributed by atoms with Gasteiger partial charge in [0.15, 0.2) is 0 Å². The molecule has 2 aliphatic carbocycles. The molecule has 0 bridgehead atoms. The minimum absolute atomic E-state index is 0.155. The van der Waals surface area contributed by atoms with Crippen LogP contribution in [0.15, 0.2) is 0 Å². The summed E-state index contributed by atoms with van der Waals surface area (Å²) in [7, 11) is 4.31. The van der Waals surface area contributed by atoms with E-state index in [1.165, 1.54) is 19.3 Å². The van der Waals surface area contributed by atoms with E-state index in [0.717, 1.165) is 25.8 Å². The zero-order valence-corrected chi connectivity index (χ0v) is 11.8. The van der Waals surface area contributed by atoms with E-state index >= 15 is 0 Å². The molecular formula is C14H25N3O. The van der Waals surface area contributed by atoms with Gasteiger partial charge in [-0.05, 0) is 52.6 Å². The van der Waals surface area contributed by atoms with Gasteiger partial charge < -0.3 is 9.80 Å². The largest absolute Gasteiger partial charge is 0.324 e. The van der Waals surface area contributed by atoms with E-state index in [1.54, 1.807) is 0 Å². The van der Waals surface area contributed by atoms with Gasteiger partial charge in [-0.2, -0.15) is 0 Å². The van der Waals surface area contributed by atoms with E-state index in [9.17, 15) is 4.79 Å². The van der Waals surface area contributed by atoms with Crippen LogP contribution in [0.2, 0.25) is 0 Å². The van der Waals surface area contributed by atoms with Crippen LogP contribution in [0.4, 0.5) is 0 Å². The molecule has 1 spiro atoms. The van der Waals surface area contributed by atoms with Crippen molar-refractivity contribution in [2.75, 3.05) is 20.6 Å². The molecule has 1 saturated heterocycles. The van der Waals surface area contributed by atoms with E-state index in [1.807, 2.05) is 0 Å². The summed E-state index contributed by atoms with van der Waals surface area (Å²) in [6, 6.07) is 0. The summed E-state index contributed by atoms with van der Waals surface area (Å²) in [5.74, 6) is 0.363. The van der Waals surface area contributed by atoms with Crippen molar-refractivity contribution in [1.29, 1.82) is 0 Å². The van der Waals surface area contributed by atoms with Crippen molar-refractivity contribution in [2.24, 2.45) is 0 Å². The van der Waals surface area contributed by atoms with E-state index in [0.29, 0.717) is 5.91 Å². The van der Waals surface area contributed by atoms with Gasteiger partial charge in [-0.1, -0.05) is 6.92 Å². The Morgan fingerprint density at radius 1 is 1.33 bits per heavy atom. The molecule has 0 aromatic carbocycles. The van der Waals surface area contributed by atoms with Crippen molar-refractivity contribution >= 4 is 5.91 Å². The molecule has 3 fully saturated rings. The summed E-state index contributed by atoms with van der Waals surface area (Å²) in [6.07, 6.45) is 7.10. The monoisotopic (exact) mass is 251 g/mol. The number of carbonyl (C=O) groups is 1. The lowest BCUT2D eigenvalue weighted by Gasteiger charge is -2.49. The standard InChI is InChI=1S/C14H25N3O/c1-4-11-15-14(8-9-14)12(18)17(11)10-13(16(2)3)6-5-7-13/h11,15H,4-10H2,1-3H3. The van der Waals surface area contributed by atoms with Crippen molar-refractivity contribution in [3.05, 3.63) is 0 Å². The first-order valence-electron chi connectivity index (χ1n) is 7.29. The van der Waals surface area contributed by atoms with Crippen LogP contribution in [0.5, 0.6) is 0 Å². The molecule has 18 heavy (non-hydrogen) atoms. The zero-order valence-electron chi connectivity index (χ0n) is 11.8. The predicted octanol–water partition coefficient (Wildman–Crippen LogP) is 1.17. The fourth-order valence-corrected chi connectivity index (χ4v) is 3.51. The summed E-state index contributed by atoms with van der Waals surface area (Å²) >= 11 is 0. The SMILES string of the molecule is CCC1NC2(CC2)C(=O)N1CC1(N(C)C)CCC1. The smallest absolute Gasteiger partial charge is 0.244 e. The fourth-order valence-electron chi connectivity index (χ4n) is 3.51. The lowest BCUT2D eigenvalue weighted by atomic mass is 9.75. The van der Waals surface area contributed by atoms with Gasteiger partial charge in [0, 0.05) is 12.1 Å². The molecule has 1 unspecified atom stereocenters. The minimum Gasteiger partial charge on any atom is -0.324 e. The number of nitrogens with one attached hydrogen (secondary N) is 1. The zero-order chi connectivity index (χ0) is 13.0. The molecule has 3 aliphatic rings. The van der Waals surface area contributed by atoms with Crippen molar-refractivity contribution in [1.82, 2.24) is 15.1 Å². The van der Waals surface area contributed by atoms with Crippen LogP contribution in [0.3, 0.4) is 0 Å². The number of rotatable bonds is 4. The summed E-state index contributed by atoms with van der Waals surface area (Å²) in [6.45, 7) is 3.08. The van der Waals surface area contributed by atoms with Gasteiger partial charge in [0.1, 0.15) is 0 Å². The lowest BCUT2D eigenvalue weighted by molar-refractivity contribution is -0.133. The number of amides is 1. The molecule has 2 saturated carbocycles. The van der Waals surface area contributed by atoms with Crippen LogP contribution in [-0.2, 0) is 4.79 Å². The average molecular weight is 251 g/mol. The Balaban J connectivity index is 1.76. The highest BCUT2D eigenvalue weighted by molar-refractivity contribution is 5.91. The summed E-state index contributed by atoms with van der Waals surface area (Å²) in [4.78, 5) is 17.0. The van der Waals surface area contributed by atoms with Gasteiger partial charge in [-0.25, -0.2) is 0 Å². The maximum Gasteiger partial charge on any atom is 0.244 e. The highest BCUT2D eigenvalue weighted by Gasteiger charge is 2.60. The molecule has 1 heterocycles. The fraction of sp³-hybridized carbons (Fsp3) is 0.929. The summed E-state index contributed by atoms with van der Waals surface area (Å²) in [5.41, 5.74) is 0.0864. The van der Waals surface area contributed by atoms with Crippen LogP contribution in [-0.4, -0.2) is 53.6 Å². The maximum absolute atomic E-state index is 12.5. The van der Waals surface area contributed by atoms with Crippen molar-refractivity contribution in [3.63, 3.8) is 0 Å². The molecule has 102 valence electrons. The van der Waals surface area contributed by atoms with Crippen LogP contribution < -0.4 is 5.32 Å². The molecule has 3 rings (SSSR count). The van der Waals surface area contributed by atoms with Crippen LogP contribution in [0.1, 0.15) is 45.4 Å². The second kappa shape index (κ2) is 3.94. The number of likely N-dealkylation sites (N-methyl/N-ethyl adjacent to an activating group) is 1. The van der Waals surface area contributed by atoms with Crippen LogP contribution in [0, 0.1) is 0 Å². The van der Waals surface area contributed by atoms with Crippen molar-refractivity contribution < 1.29 is 4.79 Å². The number of hydrogen-bond donors (Lipinski definition) is 1. The first-order valence-corrected chi connectivity index (χ1v) is 7.29. The van der Waals surface area contributed by atoms with E-state index < -0.39 is 0 Å². The van der Waals surface area contributed by atoms with Crippen LogP contribution in [0.25, 0.3) is 0 Å². The molecule has 0 aromatic heterocycles. The van der Waals surface area contributed by atoms with Gasteiger partial charge in [0.25, 0.3) is 0 Å². The molecule has 4 heteroatoms. The Morgan fingerprint density at radius 2 is 2.00 bits per heavy atom. The average Bonchev–Trinajstić information content (AvgIpc) is 3.00. The highest BCUT2D eigenvalue weighted by Crippen LogP contribution is 2.45. The van der Waals surface area contributed by atoms with Gasteiger partial charge in [-0.15, -0.1) is 0 Å². The Labute approximate surface area is 110 Å². The normalized spacial score (nSPS) is 32.1. The first-order chi connectivity index (χ1) is 8.53. The highest BCUT2D eigenvalue weighted by atomic mass is 16.2. The van der Waals surface area contributed by atoms with E-state index in [4.69, 9.17) is 0 Å². The van der Waals surface area contributed by atoms with E-state index in [-0.39, 0.29) is 17.2 Å². The third-order valence-electron chi connectivity index (χ3n) is 5.32. The molecule has 1 aliphatic heterocycles. The minimum atomic E-state index is -0.155. The number of carbonyl (C=O) groups excluding carboxylic acids is 1. The van der Waals surface area contributed by atoms with Gasteiger partial charge in [0.2, 0.25) is 5.91 Å². The molecule has 1 atom stereocenters. The van der Waals surface area contributed by atoms with Crippen molar-refractivity contribution in [3.8, 4) is 0 Å². The molecule has 0 radical (unpaired) electrons. The summed E-state index contributed by atoms with van der Waals surface area (Å²) < 4.78 is 0. The molecule has 1 N–H and O–H groups in total. The molecular weight excluding hydrogens is 226 g/mol. The molecule has 4 nitrogen and oxygen atoms in total. The molecule has 0 aromatic rings. The third-order valence-corrected chi connectivity index (χ3v) is 5.32. The topological polar surface area (TPSA) is 35.6 Å². The second-order valence-corrected chi connectivity index (χ2v) is 6.56. The second-order valence-electron chi connectivity index (χ2n) is 6.56. The van der Waals surface area contributed by atoms with E-state index in [2.05, 4.69) is 36.1 Å². The Kier molecular flexibility index (Phi) is 2.72. The molecule has 1 amide bonds. The van der Waals surface area contributed by atoms with Gasteiger partial charge in [-0.3, -0.25) is 10.1 Å². The predicted molar refractivity (Wildman–Crippen MR) is 71.2 cm³/mol. The Morgan fingerprint density at radius 3 is 2.39 bits per heavy atom. The quantitative estimate of drug-likeness (QED) is 0.815. The van der Waals surface area contributed by atoms with Crippen molar-refractivity contribution in [2.45, 2.75) is 62.7 Å².